The minimum absolute atomic E-state index is 0.0580. The number of aryl methyl sites for hydroxylation is 1. The number of nitrogens with two attached hydrogens (primary N) is 1. The maximum absolute atomic E-state index is 12.9. The zero-order valence-electron chi connectivity index (χ0n) is 20.8. The van der Waals surface area contributed by atoms with E-state index in [2.05, 4.69) is 21.9 Å². The summed E-state index contributed by atoms with van der Waals surface area (Å²) in [5.41, 5.74) is 7.83. The van der Waals surface area contributed by atoms with E-state index in [9.17, 15) is 18.0 Å². The van der Waals surface area contributed by atoms with E-state index in [1.54, 1.807) is 25.6 Å². The highest BCUT2D eigenvalue weighted by atomic mass is 19.4. The molecule has 3 N–H and O–H groups in total. The van der Waals surface area contributed by atoms with Gasteiger partial charge in [-0.15, -0.1) is 0 Å². The monoisotopic (exact) mass is 512 g/mol. The lowest BCUT2D eigenvalue weighted by atomic mass is 10.1. The molecule has 1 aromatic heterocycles. The quantitative estimate of drug-likeness (QED) is 0.430. The number of carbonyl (C=O) groups excluding carboxylic acids is 1. The van der Waals surface area contributed by atoms with Gasteiger partial charge in [0, 0.05) is 37.7 Å². The molecular weight excluding hydrogens is 485 g/mol. The first-order valence-electron chi connectivity index (χ1n) is 11.0. The molecule has 0 aliphatic carbocycles. The van der Waals surface area contributed by atoms with Gasteiger partial charge >= 0.3 is 6.18 Å². The molecule has 0 saturated heterocycles. The Morgan fingerprint density at radius 3 is 2.43 bits per heavy atom. The highest BCUT2D eigenvalue weighted by Gasteiger charge is 2.30. The number of alkyl halides is 3. The van der Waals surface area contributed by atoms with Crippen molar-refractivity contribution in [3.05, 3.63) is 90.3 Å². The summed E-state index contributed by atoms with van der Waals surface area (Å²) in [6.45, 7) is 5.75. The summed E-state index contributed by atoms with van der Waals surface area (Å²) in [6, 6.07) is 9.66. The third kappa shape index (κ3) is 6.78. The van der Waals surface area contributed by atoms with Crippen molar-refractivity contribution in [2.24, 2.45) is 10.7 Å². The molecule has 194 valence electrons. The molecule has 0 aliphatic rings. The third-order valence-corrected chi connectivity index (χ3v) is 5.18. The number of anilines is 1. The Labute approximate surface area is 212 Å². The van der Waals surface area contributed by atoms with E-state index in [0.717, 1.165) is 23.5 Å². The number of hydrogen-bond donors (Lipinski definition) is 2. The first kappa shape index (κ1) is 27.1. The molecule has 0 unspecified atom stereocenters. The molecule has 1 amide bonds. The molecule has 11 heteroatoms. The molecule has 0 radical (unpaired) electrons. The predicted molar refractivity (Wildman–Crippen MR) is 137 cm³/mol. The second-order valence-corrected chi connectivity index (χ2v) is 8.25. The molecule has 37 heavy (non-hydrogen) atoms. The fourth-order valence-corrected chi connectivity index (χ4v) is 3.31. The van der Waals surface area contributed by atoms with Crippen molar-refractivity contribution in [3.63, 3.8) is 0 Å². The van der Waals surface area contributed by atoms with Gasteiger partial charge in [-0.05, 0) is 42.8 Å². The Morgan fingerprint density at radius 1 is 1.22 bits per heavy atom. The Balaban J connectivity index is 1.87. The van der Waals surface area contributed by atoms with Gasteiger partial charge in [-0.25, -0.2) is 9.98 Å². The van der Waals surface area contributed by atoms with Gasteiger partial charge in [0.15, 0.2) is 0 Å². The lowest BCUT2D eigenvalue weighted by Crippen LogP contribution is -2.29. The number of imidazole rings is 1. The summed E-state index contributed by atoms with van der Waals surface area (Å²) < 4.78 is 45.9. The molecule has 0 fully saturated rings. The van der Waals surface area contributed by atoms with E-state index in [0.29, 0.717) is 17.0 Å². The van der Waals surface area contributed by atoms with Crippen molar-refractivity contribution in [2.75, 3.05) is 26.5 Å². The van der Waals surface area contributed by atoms with Crippen LogP contribution in [0.4, 0.5) is 18.9 Å². The van der Waals surface area contributed by atoms with E-state index < -0.39 is 17.6 Å². The molecule has 8 nitrogen and oxygen atoms in total. The van der Waals surface area contributed by atoms with Crippen LogP contribution in [0.25, 0.3) is 11.4 Å². The number of halogens is 3. The molecule has 2 aromatic carbocycles. The number of nitrogens with one attached hydrogen (secondary N) is 1. The zero-order chi connectivity index (χ0) is 27.3. The molecule has 3 aromatic rings. The van der Waals surface area contributed by atoms with Crippen LogP contribution in [0.3, 0.4) is 0 Å². The van der Waals surface area contributed by atoms with Gasteiger partial charge in [0.05, 0.1) is 30.4 Å². The van der Waals surface area contributed by atoms with Crippen LogP contribution in [-0.4, -0.2) is 47.3 Å². The zero-order valence-corrected chi connectivity index (χ0v) is 20.8. The van der Waals surface area contributed by atoms with Crippen LogP contribution in [0.1, 0.15) is 16.8 Å². The predicted octanol–water partition coefficient (Wildman–Crippen LogP) is 4.62. The summed E-state index contributed by atoms with van der Waals surface area (Å²) in [6.07, 6.45) is 0.367. The number of benzene rings is 2. The smallest absolute Gasteiger partial charge is 0.416 e. The van der Waals surface area contributed by atoms with Crippen molar-refractivity contribution in [3.8, 4) is 11.4 Å². The second-order valence-electron chi connectivity index (χ2n) is 8.25. The van der Waals surface area contributed by atoms with Crippen molar-refractivity contribution >= 4 is 23.0 Å². The number of nitrogens with zero attached hydrogens (tertiary/aromatic N) is 4. The molecule has 1 heterocycles. The van der Waals surface area contributed by atoms with Crippen LogP contribution in [0, 0.1) is 6.92 Å². The van der Waals surface area contributed by atoms with Crippen molar-refractivity contribution in [1.82, 2.24) is 14.5 Å². The first-order chi connectivity index (χ1) is 17.4. The van der Waals surface area contributed by atoms with Crippen LogP contribution in [0.2, 0.25) is 0 Å². The molecule has 0 atom stereocenters. The molecule has 3 rings (SSSR count). The van der Waals surface area contributed by atoms with Gasteiger partial charge in [-0.2, -0.15) is 13.2 Å². The van der Waals surface area contributed by atoms with Crippen molar-refractivity contribution < 1.29 is 22.7 Å². The maximum atomic E-state index is 12.9. The Hall–Kier alpha value is -4.54. The summed E-state index contributed by atoms with van der Waals surface area (Å²) in [5, 5.41) is 3.01. The number of aromatic nitrogens is 2. The Kier molecular flexibility index (Phi) is 8.06. The van der Waals surface area contributed by atoms with Gasteiger partial charge in [0.25, 0.3) is 5.91 Å². The lowest BCUT2D eigenvalue weighted by molar-refractivity contribution is -0.137. The summed E-state index contributed by atoms with van der Waals surface area (Å²) >= 11 is 0. The fraction of sp³-hybridized carbons (Fsp3) is 0.192. The number of methoxy groups -OCH3 is 1. The van der Waals surface area contributed by atoms with Gasteiger partial charge in [-0.3, -0.25) is 4.79 Å². The number of amides is 1. The largest absolute Gasteiger partial charge is 0.494 e. The number of rotatable bonds is 8. The molecule has 0 saturated carbocycles. The van der Waals surface area contributed by atoms with Crippen LogP contribution >= 0.6 is 0 Å². The number of hydrogen-bond acceptors (Lipinski definition) is 6. The standard InChI is InChI=1S/C26H27F3N6O2/c1-16-14-35(15-31-16)23-11-10-20(12-24(23)37-5)32-17(2)33-22(25(36)34(3)4)13-21(30)18-6-8-19(9-7-18)26(27,28)29/h6-15,32H,2,30H2,1,3-5H3/b21-13-,33-22?. The number of ether oxygens (including phenoxy) is 1. The average Bonchev–Trinajstić information content (AvgIpc) is 3.28. The minimum Gasteiger partial charge on any atom is -0.494 e. The summed E-state index contributed by atoms with van der Waals surface area (Å²) in [7, 11) is 4.62. The topological polar surface area (TPSA) is 97.8 Å². The second kappa shape index (κ2) is 11.0. The lowest BCUT2D eigenvalue weighted by Gasteiger charge is -2.14. The Morgan fingerprint density at radius 2 is 1.89 bits per heavy atom. The molecule has 0 bridgehead atoms. The van der Waals surface area contributed by atoms with E-state index >= 15 is 0 Å². The van der Waals surface area contributed by atoms with E-state index in [4.69, 9.17) is 10.5 Å². The van der Waals surface area contributed by atoms with Gasteiger partial charge < -0.3 is 25.3 Å². The van der Waals surface area contributed by atoms with E-state index in [1.165, 1.54) is 37.2 Å². The Bertz CT molecular complexity index is 1360. The first-order valence-corrected chi connectivity index (χ1v) is 11.0. The van der Waals surface area contributed by atoms with Crippen LogP contribution in [0.5, 0.6) is 5.75 Å². The summed E-state index contributed by atoms with van der Waals surface area (Å²) in [4.78, 5) is 22.5. The van der Waals surface area contributed by atoms with Gasteiger partial charge in [-0.1, -0.05) is 18.7 Å². The molecule has 0 aliphatic heterocycles. The average molecular weight is 513 g/mol. The van der Waals surface area contributed by atoms with Crippen LogP contribution in [-0.2, 0) is 11.0 Å². The highest BCUT2D eigenvalue weighted by molar-refractivity contribution is 6.44. The summed E-state index contributed by atoms with van der Waals surface area (Å²) in [5.74, 6) is 0.228. The van der Waals surface area contributed by atoms with Crippen LogP contribution < -0.4 is 15.8 Å². The van der Waals surface area contributed by atoms with E-state index in [-0.39, 0.29) is 17.2 Å². The van der Waals surface area contributed by atoms with Crippen LogP contribution in [0.15, 0.2) is 78.5 Å². The number of aliphatic imine (C=N–C) groups is 1. The minimum atomic E-state index is -4.47. The highest BCUT2D eigenvalue weighted by Crippen LogP contribution is 2.30. The normalized spacial score (nSPS) is 12.3. The third-order valence-electron chi connectivity index (χ3n) is 5.18. The SMILES string of the molecule is C=C(N=C(/C=C(\N)c1ccc(C(F)(F)F)cc1)C(=O)N(C)C)Nc1ccc(-n2cnc(C)c2)c(OC)c1. The van der Waals surface area contributed by atoms with Gasteiger partial charge in [0.2, 0.25) is 0 Å². The van der Waals surface area contributed by atoms with Crippen molar-refractivity contribution in [1.29, 1.82) is 0 Å². The number of carbonyl (C=O) groups is 1. The molecule has 0 spiro atoms. The molecular formula is C26H27F3N6O2. The van der Waals surface area contributed by atoms with Crippen molar-refractivity contribution in [2.45, 2.75) is 13.1 Å². The fourth-order valence-electron chi connectivity index (χ4n) is 3.31. The van der Waals surface area contributed by atoms with E-state index in [1.807, 2.05) is 23.8 Å². The van der Waals surface area contributed by atoms with Gasteiger partial charge in [0.1, 0.15) is 17.3 Å². The maximum Gasteiger partial charge on any atom is 0.416 e.